The van der Waals surface area contributed by atoms with Gasteiger partial charge in [0.1, 0.15) is 0 Å². The fourth-order valence-corrected chi connectivity index (χ4v) is 2.19. The molecule has 0 aliphatic heterocycles. The summed E-state index contributed by atoms with van der Waals surface area (Å²) in [4.78, 5) is 20.0. The molecule has 0 aliphatic carbocycles. The molecule has 0 saturated carbocycles. The maximum Gasteiger partial charge on any atom is 0.416 e. The van der Waals surface area contributed by atoms with Crippen LogP contribution in [-0.4, -0.2) is 21.0 Å². The van der Waals surface area contributed by atoms with Crippen molar-refractivity contribution in [2.24, 2.45) is 0 Å². The second-order valence-corrected chi connectivity index (χ2v) is 5.37. The fourth-order valence-electron chi connectivity index (χ4n) is 2.19. The highest BCUT2D eigenvalue weighted by Crippen LogP contribution is 2.30. The number of nitrogens with one attached hydrogen (secondary N) is 1. The van der Waals surface area contributed by atoms with Gasteiger partial charge >= 0.3 is 6.18 Å². The molecule has 0 atom stereocenters. The zero-order valence-electron chi connectivity index (χ0n) is 13.3. The van der Waals surface area contributed by atoms with Gasteiger partial charge in [0.25, 0.3) is 0 Å². The SMILES string of the molecule is O=C(CCc1nc(-c2ccncc2)no1)Nc1cccc(C(F)(F)F)c1. The molecule has 134 valence electrons. The molecule has 2 heterocycles. The molecule has 0 radical (unpaired) electrons. The summed E-state index contributed by atoms with van der Waals surface area (Å²) in [6.07, 6.45) is -1.12. The highest BCUT2D eigenvalue weighted by Gasteiger charge is 2.30. The molecule has 0 fully saturated rings. The monoisotopic (exact) mass is 362 g/mol. The Hall–Kier alpha value is -3.23. The summed E-state index contributed by atoms with van der Waals surface area (Å²) in [5, 5.41) is 6.24. The second-order valence-electron chi connectivity index (χ2n) is 5.37. The Labute approximate surface area is 146 Å². The number of pyridine rings is 1. The van der Waals surface area contributed by atoms with E-state index in [1.807, 2.05) is 0 Å². The van der Waals surface area contributed by atoms with Crippen molar-refractivity contribution in [3.05, 3.63) is 60.2 Å². The van der Waals surface area contributed by atoms with Gasteiger partial charge in [-0.2, -0.15) is 18.2 Å². The first-order valence-electron chi connectivity index (χ1n) is 7.62. The predicted octanol–water partition coefficient (Wildman–Crippen LogP) is 3.72. The molecule has 1 amide bonds. The number of rotatable bonds is 5. The summed E-state index contributed by atoms with van der Waals surface area (Å²) in [6.45, 7) is 0. The topological polar surface area (TPSA) is 80.9 Å². The van der Waals surface area contributed by atoms with E-state index in [-0.39, 0.29) is 24.4 Å². The molecule has 0 saturated heterocycles. The summed E-state index contributed by atoms with van der Waals surface area (Å²) in [5.41, 5.74) is -0.0227. The lowest BCUT2D eigenvalue weighted by atomic mass is 10.2. The van der Waals surface area contributed by atoms with Gasteiger partial charge < -0.3 is 9.84 Å². The van der Waals surface area contributed by atoms with Gasteiger partial charge in [0, 0.05) is 36.5 Å². The zero-order valence-corrected chi connectivity index (χ0v) is 13.3. The van der Waals surface area contributed by atoms with Crippen molar-refractivity contribution in [1.29, 1.82) is 0 Å². The van der Waals surface area contributed by atoms with E-state index in [1.165, 1.54) is 12.1 Å². The third-order valence-corrected chi connectivity index (χ3v) is 3.45. The van der Waals surface area contributed by atoms with E-state index in [0.29, 0.717) is 5.82 Å². The highest BCUT2D eigenvalue weighted by molar-refractivity contribution is 5.90. The smallest absolute Gasteiger partial charge is 0.339 e. The van der Waals surface area contributed by atoms with Crippen LogP contribution in [0.2, 0.25) is 0 Å². The predicted molar refractivity (Wildman–Crippen MR) is 85.9 cm³/mol. The maximum atomic E-state index is 12.7. The van der Waals surface area contributed by atoms with E-state index in [1.54, 1.807) is 24.5 Å². The van der Waals surface area contributed by atoms with Crippen LogP contribution in [0, 0.1) is 0 Å². The van der Waals surface area contributed by atoms with Gasteiger partial charge in [-0.25, -0.2) is 0 Å². The number of nitrogens with zero attached hydrogens (tertiary/aromatic N) is 3. The average Bonchev–Trinajstić information content (AvgIpc) is 3.09. The van der Waals surface area contributed by atoms with E-state index >= 15 is 0 Å². The minimum absolute atomic E-state index is 0.00573. The van der Waals surface area contributed by atoms with Crippen LogP contribution >= 0.6 is 0 Å². The molecule has 0 spiro atoms. The van der Waals surface area contributed by atoms with Crippen LogP contribution in [0.15, 0.2) is 53.3 Å². The molecule has 1 aromatic carbocycles. The molecule has 3 aromatic rings. The number of carbonyl (C=O) groups excluding carboxylic acids is 1. The third-order valence-electron chi connectivity index (χ3n) is 3.45. The number of anilines is 1. The first-order valence-corrected chi connectivity index (χ1v) is 7.62. The Kier molecular flexibility index (Phi) is 4.97. The molecule has 2 aromatic heterocycles. The number of hydrogen-bond acceptors (Lipinski definition) is 5. The largest absolute Gasteiger partial charge is 0.416 e. The first-order chi connectivity index (χ1) is 12.4. The van der Waals surface area contributed by atoms with Crippen molar-refractivity contribution in [3.8, 4) is 11.4 Å². The third kappa shape index (κ3) is 4.44. The number of aryl methyl sites for hydroxylation is 1. The van der Waals surface area contributed by atoms with Crippen molar-refractivity contribution in [1.82, 2.24) is 15.1 Å². The summed E-state index contributed by atoms with van der Waals surface area (Å²) in [6, 6.07) is 7.88. The number of amides is 1. The van der Waals surface area contributed by atoms with E-state index in [4.69, 9.17) is 4.52 Å². The van der Waals surface area contributed by atoms with Crippen LogP contribution in [0.4, 0.5) is 18.9 Å². The lowest BCUT2D eigenvalue weighted by Gasteiger charge is -2.09. The fraction of sp³-hybridized carbons (Fsp3) is 0.176. The number of benzene rings is 1. The average molecular weight is 362 g/mol. The molecule has 0 bridgehead atoms. The Balaban J connectivity index is 1.57. The molecule has 6 nitrogen and oxygen atoms in total. The Morgan fingerprint density at radius 1 is 1.15 bits per heavy atom. The number of alkyl halides is 3. The number of aromatic nitrogens is 3. The first kappa shape index (κ1) is 17.6. The van der Waals surface area contributed by atoms with Crippen LogP contribution in [0.25, 0.3) is 11.4 Å². The van der Waals surface area contributed by atoms with Gasteiger partial charge in [-0.1, -0.05) is 11.2 Å². The lowest BCUT2D eigenvalue weighted by molar-refractivity contribution is -0.137. The van der Waals surface area contributed by atoms with E-state index < -0.39 is 17.6 Å². The molecule has 0 aliphatic rings. The standard InChI is InChI=1S/C17H13F3N4O2/c18-17(19,20)12-2-1-3-13(10-12)22-14(25)4-5-15-23-16(24-26-15)11-6-8-21-9-7-11/h1-3,6-10H,4-5H2,(H,22,25). The van der Waals surface area contributed by atoms with Crippen molar-refractivity contribution in [2.75, 3.05) is 5.32 Å². The Bertz CT molecular complexity index is 894. The number of halogens is 3. The molecule has 9 heteroatoms. The number of carbonyl (C=O) groups is 1. The summed E-state index contributed by atoms with van der Waals surface area (Å²) in [7, 11) is 0. The Morgan fingerprint density at radius 2 is 1.92 bits per heavy atom. The zero-order chi connectivity index (χ0) is 18.6. The normalized spacial score (nSPS) is 11.3. The van der Waals surface area contributed by atoms with Crippen LogP contribution in [-0.2, 0) is 17.4 Å². The highest BCUT2D eigenvalue weighted by atomic mass is 19.4. The minimum Gasteiger partial charge on any atom is -0.339 e. The van der Waals surface area contributed by atoms with Crippen molar-refractivity contribution in [2.45, 2.75) is 19.0 Å². The van der Waals surface area contributed by atoms with Crippen molar-refractivity contribution >= 4 is 11.6 Å². The summed E-state index contributed by atoms with van der Waals surface area (Å²) in [5.74, 6) is 0.185. The molecular formula is C17H13F3N4O2. The van der Waals surface area contributed by atoms with E-state index in [2.05, 4.69) is 20.4 Å². The van der Waals surface area contributed by atoms with Gasteiger partial charge in [0.2, 0.25) is 17.6 Å². The Morgan fingerprint density at radius 3 is 2.65 bits per heavy atom. The number of hydrogen-bond donors (Lipinski definition) is 1. The van der Waals surface area contributed by atoms with Crippen LogP contribution in [0.5, 0.6) is 0 Å². The lowest BCUT2D eigenvalue weighted by Crippen LogP contribution is -2.13. The van der Waals surface area contributed by atoms with Crippen molar-refractivity contribution in [3.63, 3.8) is 0 Å². The minimum atomic E-state index is -4.46. The molecule has 0 unspecified atom stereocenters. The maximum absolute atomic E-state index is 12.7. The summed E-state index contributed by atoms with van der Waals surface area (Å²) >= 11 is 0. The van der Waals surface area contributed by atoms with Gasteiger partial charge in [-0.15, -0.1) is 0 Å². The van der Waals surface area contributed by atoms with Gasteiger partial charge in [0.05, 0.1) is 5.56 Å². The molecule has 1 N–H and O–H groups in total. The summed E-state index contributed by atoms with van der Waals surface area (Å²) < 4.78 is 43.1. The van der Waals surface area contributed by atoms with Crippen LogP contribution < -0.4 is 5.32 Å². The van der Waals surface area contributed by atoms with Gasteiger partial charge in [-0.3, -0.25) is 9.78 Å². The molecule has 26 heavy (non-hydrogen) atoms. The van der Waals surface area contributed by atoms with Crippen LogP contribution in [0.3, 0.4) is 0 Å². The molecular weight excluding hydrogens is 349 g/mol. The van der Waals surface area contributed by atoms with Crippen molar-refractivity contribution < 1.29 is 22.5 Å². The second kappa shape index (κ2) is 7.34. The van der Waals surface area contributed by atoms with Gasteiger partial charge in [-0.05, 0) is 30.3 Å². The quantitative estimate of drug-likeness (QED) is 0.748. The molecule has 3 rings (SSSR count). The van der Waals surface area contributed by atoms with Gasteiger partial charge in [0.15, 0.2) is 0 Å². The van der Waals surface area contributed by atoms with E-state index in [0.717, 1.165) is 17.7 Å². The van der Waals surface area contributed by atoms with E-state index in [9.17, 15) is 18.0 Å². The van der Waals surface area contributed by atoms with Crippen LogP contribution in [0.1, 0.15) is 17.9 Å².